The highest BCUT2D eigenvalue weighted by atomic mass is 16.5. The molecule has 1 heterocycles. The van der Waals surface area contributed by atoms with E-state index in [4.69, 9.17) is 4.74 Å². The van der Waals surface area contributed by atoms with Crippen molar-refractivity contribution in [2.75, 3.05) is 19.0 Å². The number of anilines is 1. The predicted molar refractivity (Wildman–Crippen MR) is 105 cm³/mol. The SMILES string of the molecule is COc1ccccc1CNc1ccc(C(=O)NCCc2ccccc2)nn1. The van der Waals surface area contributed by atoms with Crippen molar-refractivity contribution in [1.82, 2.24) is 15.5 Å². The summed E-state index contributed by atoms with van der Waals surface area (Å²) < 4.78 is 5.32. The maximum absolute atomic E-state index is 12.2. The first-order valence-electron chi connectivity index (χ1n) is 8.78. The maximum Gasteiger partial charge on any atom is 0.271 e. The third-order valence-corrected chi connectivity index (χ3v) is 4.09. The molecule has 0 bridgehead atoms. The normalized spacial score (nSPS) is 10.3. The minimum absolute atomic E-state index is 0.227. The van der Waals surface area contributed by atoms with E-state index in [2.05, 4.69) is 20.8 Å². The molecule has 0 aliphatic heterocycles. The van der Waals surface area contributed by atoms with Gasteiger partial charge in [0, 0.05) is 18.7 Å². The number of nitrogens with one attached hydrogen (secondary N) is 2. The van der Waals surface area contributed by atoms with Crippen molar-refractivity contribution in [1.29, 1.82) is 0 Å². The van der Waals surface area contributed by atoms with Crippen molar-refractivity contribution in [3.8, 4) is 5.75 Å². The molecule has 0 aliphatic carbocycles. The van der Waals surface area contributed by atoms with Crippen molar-refractivity contribution >= 4 is 11.7 Å². The molecular formula is C21H22N4O2. The van der Waals surface area contributed by atoms with E-state index >= 15 is 0 Å². The van der Waals surface area contributed by atoms with Crippen LogP contribution in [0.3, 0.4) is 0 Å². The lowest BCUT2D eigenvalue weighted by Gasteiger charge is -2.10. The van der Waals surface area contributed by atoms with Gasteiger partial charge >= 0.3 is 0 Å². The van der Waals surface area contributed by atoms with Crippen molar-refractivity contribution in [2.24, 2.45) is 0 Å². The molecule has 2 N–H and O–H groups in total. The van der Waals surface area contributed by atoms with Gasteiger partial charge in [0.15, 0.2) is 5.69 Å². The van der Waals surface area contributed by atoms with Gasteiger partial charge in [-0.05, 0) is 30.2 Å². The molecule has 6 heteroatoms. The van der Waals surface area contributed by atoms with Gasteiger partial charge in [-0.2, -0.15) is 0 Å². The minimum Gasteiger partial charge on any atom is -0.496 e. The van der Waals surface area contributed by atoms with Crippen LogP contribution < -0.4 is 15.4 Å². The van der Waals surface area contributed by atoms with Crippen molar-refractivity contribution in [3.63, 3.8) is 0 Å². The molecule has 3 aromatic rings. The number of methoxy groups -OCH3 is 1. The summed E-state index contributed by atoms with van der Waals surface area (Å²) in [6.07, 6.45) is 0.776. The van der Waals surface area contributed by atoms with Crippen LogP contribution in [-0.2, 0) is 13.0 Å². The van der Waals surface area contributed by atoms with E-state index in [0.29, 0.717) is 24.6 Å². The van der Waals surface area contributed by atoms with Crippen molar-refractivity contribution in [2.45, 2.75) is 13.0 Å². The Morgan fingerprint density at radius 1 is 0.963 bits per heavy atom. The van der Waals surface area contributed by atoms with E-state index in [0.717, 1.165) is 17.7 Å². The molecule has 0 spiro atoms. The summed E-state index contributed by atoms with van der Waals surface area (Å²) in [5, 5.41) is 14.1. The molecule has 3 rings (SSSR count). The Labute approximate surface area is 158 Å². The standard InChI is InChI=1S/C21H22N4O2/c1-27-19-10-6-5-9-17(19)15-23-20-12-11-18(24-25-20)21(26)22-14-13-16-7-3-2-4-8-16/h2-12H,13-15H2,1H3,(H,22,26)(H,23,25). The Hall–Kier alpha value is -3.41. The van der Waals surface area contributed by atoms with Gasteiger partial charge in [0.2, 0.25) is 0 Å². The summed E-state index contributed by atoms with van der Waals surface area (Å²) in [7, 11) is 1.64. The largest absolute Gasteiger partial charge is 0.496 e. The van der Waals surface area contributed by atoms with E-state index in [1.807, 2.05) is 54.6 Å². The summed E-state index contributed by atoms with van der Waals surface area (Å²) in [6, 6.07) is 21.2. The fourth-order valence-corrected chi connectivity index (χ4v) is 2.64. The number of rotatable bonds is 8. The first-order valence-corrected chi connectivity index (χ1v) is 8.78. The molecular weight excluding hydrogens is 340 g/mol. The summed E-state index contributed by atoms with van der Waals surface area (Å²) in [5.41, 5.74) is 2.50. The Morgan fingerprint density at radius 2 is 1.74 bits per heavy atom. The number of hydrogen-bond donors (Lipinski definition) is 2. The average molecular weight is 362 g/mol. The third-order valence-electron chi connectivity index (χ3n) is 4.09. The first kappa shape index (κ1) is 18.4. The number of carbonyl (C=O) groups excluding carboxylic acids is 1. The van der Waals surface area contributed by atoms with E-state index in [1.165, 1.54) is 5.56 Å². The molecule has 6 nitrogen and oxygen atoms in total. The van der Waals surface area contributed by atoms with E-state index < -0.39 is 0 Å². The lowest BCUT2D eigenvalue weighted by molar-refractivity contribution is 0.0948. The summed E-state index contributed by atoms with van der Waals surface area (Å²) >= 11 is 0. The predicted octanol–water partition coefficient (Wildman–Crippen LogP) is 3.07. The minimum atomic E-state index is -0.227. The molecule has 0 saturated heterocycles. The van der Waals surface area contributed by atoms with Crippen LogP contribution in [0.4, 0.5) is 5.82 Å². The topological polar surface area (TPSA) is 76.1 Å². The third kappa shape index (κ3) is 5.28. The molecule has 0 aliphatic rings. The highest BCUT2D eigenvalue weighted by Gasteiger charge is 2.08. The van der Waals surface area contributed by atoms with Crippen LogP contribution in [0, 0.1) is 0 Å². The zero-order valence-corrected chi connectivity index (χ0v) is 15.2. The highest BCUT2D eigenvalue weighted by Crippen LogP contribution is 2.18. The van der Waals surface area contributed by atoms with Crippen LogP contribution in [-0.4, -0.2) is 29.8 Å². The van der Waals surface area contributed by atoms with Gasteiger partial charge in [-0.1, -0.05) is 48.5 Å². The van der Waals surface area contributed by atoms with Crippen LogP contribution >= 0.6 is 0 Å². The molecule has 1 amide bonds. The fraction of sp³-hybridized carbons (Fsp3) is 0.190. The van der Waals surface area contributed by atoms with Gasteiger partial charge in [0.1, 0.15) is 11.6 Å². The zero-order valence-electron chi connectivity index (χ0n) is 15.2. The molecule has 1 aromatic heterocycles. The number of hydrogen-bond acceptors (Lipinski definition) is 5. The van der Waals surface area contributed by atoms with Crippen LogP contribution in [0.25, 0.3) is 0 Å². The summed E-state index contributed by atoms with van der Waals surface area (Å²) in [6.45, 7) is 1.11. The number of para-hydroxylation sites is 1. The Morgan fingerprint density at radius 3 is 2.48 bits per heavy atom. The zero-order chi connectivity index (χ0) is 18.9. The quantitative estimate of drug-likeness (QED) is 0.644. The van der Waals surface area contributed by atoms with Crippen LogP contribution in [0.15, 0.2) is 66.7 Å². The summed E-state index contributed by atoms with van der Waals surface area (Å²) in [4.78, 5) is 12.2. The fourth-order valence-electron chi connectivity index (χ4n) is 2.64. The smallest absolute Gasteiger partial charge is 0.271 e. The Kier molecular flexibility index (Phi) is 6.35. The van der Waals surface area contributed by atoms with Gasteiger partial charge in [-0.25, -0.2) is 0 Å². The molecule has 0 atom stereocenters. The number of ether oxygens (including phenoxy) is 1. The molecule has 138 valence electrons. The number of amides is 1. The van der Waals surface area contributed by atoms with Crippen molar-refractivity contribution in [3.05, 3.63) is 83.6 Å². The van der Waals surface area contributed by atoms with Gasteiger partial charge in [0.25, 0.3) is 5.91 Å². The molecule has 27 heavy (non-hydrogen) atoms. The highest BCUT2D eigenvalue weighted by molar-refractivity contribution is 5.92. The molecule has 0 fully saturated rings. The summed E-state index contributed by atoms with van der Waals surface area (Å²) in [5.74, 6) is 1.18. The van der Waals surface area contributed by atoms with Gasteiger partial charge in [-0.15, -0.1) is 10.2 Å². The van der Waals surface area contributed by atoms with E-state index in [-0.39, 0.29) is 5.91 Å². The number of aromatic nitrogens is 2. The van der Waals surface area contributed by atoms with Gasteiger partial charge in [0.05, 0.1) is 7.11 Å². The lowest BCUT2D eigenvalue weighted by Crippen LogP contribution is -2.26. The maximum atomic E-state index is 12.2. The van der Waals surface area contributed by atoms with E-state index in [9.17, 15) is 4.79 Å². The second-order valence-corrected chi connectivity index (χ2v) is 5.96. The lowest BCUT2D eigenvalue weighted by atomic mass is 10.1. The van der Waals surface area contributed by atoms with Crippen LogP contribution in [0.5, 0.6) is 5.75 Å². The Balaban J connectivity index is 1.49. The van der Waals surface area contributed by atoms with Crippen LogP contribution in [0.2, 0.25) is 0 Å². The number of nitrogens with zero attached hydrogens (tertiary/aromatic N) is 2. The monoisotopic (exact) mass is 362 g/mol. The number of carbonyl (C=O) groups is 1. The van der Waals surface area contributed by atoms with Gasteiger partial charge < -0.3 is 15.4 Å². The molecule has 0 radical (unpaired) electrons. The first-order chi connectivity index (χ1) is 13.3. The van der Waals surface area contributed by atoms with Gasteiger partial charge in [-0.3, -0.25) is 4.79 Å². The average Bonchev–Trinajstić information content (AvgIpc) is 2.73. The molecule has 0 unspecified atom stereocenters. The van der Waals surface area contributed by atoms with Crippen molar-refractivity contribution < 1.29 is 9.53 Å². The second-order valence-electron chi connectivity index (χ2n) is 5.96. The van der Waals surface area contributed by atoms with E-state index in [1.54, 1.807) is 19.2 Å². The van der Waals surface area contributed by atoms with Crippen LogP contribution in [0.1, 0.15) is 21.6 Å². The second kappa shape index (κ2) is 9.33. The molecule has 0 saturated carbocycles. The Bertz CT molecular complexity index is 867. The molecule has 2 aromatic carbocycles. The number of benzene rings is 2.